The summed E-state index contributed by atoms with van der Waals surface area (Å²) in [4.78, 5) is 15.0. The fraction of sp³-hybridized carbons (Fsp3) is 0. The van der Waals surface area contributed by atoms with Crippen molar-refractivity contribution >= 4 is 35.0 Å². The van der Waals surface area contributed by atoms with Crippen LogP contribution in [0.5, 0.6) is 0 Å². The third-order valence-electron chi connectivity index (χ3n) is 2.60. The third kappa shape index (κ3) is 2.25. The minimum Gasteiger partial charge on any atom is -0.477 e. The lowest BCUT2D eigenvalue weighted by molar-refractivity contribution is 0.0702. The summed E-state index contributed by atoms with van der Waals surface area (Å²) in [7, 11) is 0. The van der Waals surface area contributed by atoms with E-state index in [1.807, 2.05) is 30.5 Å². The summed E-state index contributed by atoms with van der Waals surface area (Å²) in [5, 5.41) is 13.7. The molecule has 0 aliphatic heterocycles. The zero-order valence-corrected chi connectivity index (χ0v) is 10.5. The molecule has 0 aliphatic rings. The summed E-state index contributed by atoms with van der Waals surface area (Å²) in [5.74, 6) is -0.951. The molecule has 0 atom stereocenters. The van der Waals surface area contributed by atoms with E-state index < -0.39 is 5.97 Å². The van der Waals surface area contributed by atoms with Crippen molar-refractivity contribution in [3.05, 3.63) is 52.2 Å². The summed E-state index contributed by atoms with van der Waals surface area (Å²) in [6, 6.07) is 5.82. The molecule has 3 aromatic heterocycles. The smallest absolute Gasteiger partial charge is 0.347 e. The van der Waals surface area contributed by atoms with Crippen LogP contribution >= 0.6 is 11.3 Å². The Kier molecular flexibility index (Phi) is 2.85. The van der Waals surface area contributed by atoms with Crippen molar-refractivity contribution in [3.63, 3.8) is 0 Å². The molecule has 3 heterocycles. The molecule has 3 aromatic rings. The van der Waals surface area contributed by atoms with E-state index in [0.717, 1.165) is 22.4 Å². The predicted molar refractivity (Wildman–Crippen MR) is 73.2 cm³/mol. The molecule has 0 aliphatic carbocycles. The number of aromatic nitrogens is 3. The Morgan fingerprint density at radius 2 is 2.21 bits per heavy atom. The Balaban J connectivity index is 1.91. The van der Waals surface area contributed by atoms with E-state index in [-0.39, 0.29) is 4.88 Å². The van der Waals surface area contributed by atoms with Gasteiger partial charge in [-0.05, 0) is 24.3 Å². The first kappa shape index (κ1) is 11.6. The molecule has 19 heavy (non-hydrogen) atoms. The summed E-state index contributed by atoms with van der Waals surface area (Å²) in [6.45, 7) is 0. The largest absolute Gasteiger partial charge is 0.477 e. The number of fused-ring (bicyclic) bond motifs is 1. The Hall–Kier alpha value is -2.47. The Labute approximate surface area is 112 Å². The molecule has 3 rings (SSSR count). The fourth-order valence-corrected chi connectivity index (χ4v) is 2.37. The lowest BCUT2D eigenvalue weighted by Crippen LogP contribution is -1.89. The van der Waals surface area contributed by atoms with Crippen LogP contribution in [0.1, 0.15) is 20.2 Å². The van der Waals surface area contributed by atoms with E-state index in [2.05, 4.69) is 10.1 Å². The summed E-state index contributed by atoms with van der Waals surface area (Å²) in [6.07, 6.45) is 8.67. The highest BCUT2D eigenvalue weighted by molar-refractivity contribution is 7.14. The average Bonchev–Trinajstić information content (AvgIpc) is 3.03. The number of pyridine rings is 1. The van der Waals surface area contributed by atoms with Crippen LogP contribution in [-0.2, 0) is 0 Å². The third-order valence-corrected chi connectivity index (χ3v) is 3.55. The molecule has 0 bridgehead atoms. The number of nitrogens with zero attached hydrogens (tertiary/aromatic N) is 3. The van der Waals surface area contributed by atoms with Crippen molar-refractivity contribution < 1.29 is 9.90 Å². The molecule has 0 saturated carbocycles. The van der Waals surface area contributed by atoms with Gasteiger partial charge in [0.2, 0.25) is 0 Å². The molecule has 0 radical (unpaired) electrons. The zero-order valence-electron chi connectivity index (χ0n) is 9.72. The molecule has 0 aromatic carbocycles. The lowest BCUT2D eigenvalue weighted by Gasteiger charge is -1.91. The van der Waals surface area contributed by atoms with E-state index in [4.69, 9.17) is 5.11 Å². The van der Waals surface area contributed by atoms with Crippen molar-refractivity contribution in [1.29, 1.82) is 0 Å². The van der Waals surface area contributed by atoms with Gasteiger partial charge in [-0.1, -0.05) is 6.07 Å². The standard InChI is InChI=1S/C13H9N3O2S/c17-13(18)11-8-14-12(19-11)5-4-9-7-15-16-6-2-1-3-10(9)16/h1-8H,(H,17,18). The van der Waals surface area contributed by atoms with Gasteiger partial charge in [-0.3, -0.25) is 0 Å². The van der Waals surface area contributed by atoms with Gasteiger partial charge in [-0.2, -0.15) is 5.10 Å². The van der Waals surface area contributed by atoms with E-state index in [0.29, 0.717) is 5.01 Å². The number of aromatic carboxylic acids is 1. The van der Waals surface area contributed by atoms with Gasteiger partial charge in [0.15, 0.2) is 0 Å². The zero-order chi connectivity index (χ0) is 13.2. The summed E-state index contributed by atoms with van der Waals surface area (Å²) >= 11 is 1.14. The maximum absolute atomic E-state index is 10.8. The number of thiazole rings is 1. The molecule has 0 saturated heterocycles. The molecular weight excluding hydrogens is 262 g/mol. The van der Waals surface area contributed by atoms with Crippen molar-refractivity contribution in [1.82, 2.24) is 14.6 Å². The Morgan fingerprint density at radius 1 is 1.32 bits per heavy atom. The monoisotopic (exact) mass is 271 g/mol. The number of hydrogen-bond acceptors (Lipinski definition) is 4. The molecule has 0 unspecified atom stereocenters. The SMILES string of the molecule is O=C(O)c1cnc(C=Cc2cnn3ccccc23)s1. The first-order chi connectivity index (χ1) is 9.24. The molecular formula is C13H9N3O2S. The van der Waals surface area contributed by atoms with E-state index in [1.165, 1.54) is 6.20 Å². The van der Waals surface area contributed by atoms with Gasteiger partial charge in [0.25, 0.3) is 0 Å². The summed E-state index contributed by atoms with van der Waals surface area (Å²) in [5.41, 5.74) is 1.96. The van der Waals surface area contributed by atoms with E-state index in [9.17, 15) is 4.79 Å². The molecule has 5 nitrogen and oxygen atoms in total. The van der Waals surface area contributed by atoms with Crippen LogP contribution in [0.15, 0.2) is 36.8 Å². The van der Waals surface area contributed by atoms with E-state index in [1.54, 1.807) is 16.8 Å². The highest BCUT2D eigenvalue weighted by Gasteiger charge is 2.06. The minimum atomic E-state index is -0.951. The number of hydrogen-bond donors (Lipinski definition) is 1. The van der Waals surface area contributed by atoms with Gasteiger partial charge >= 0.3 is 5.97 Å². The van der Waals surface area contributed by atoms with Crippen molar-refractivity contribution in [3.8, 4) is 0 Å². The fourth-order valence-electron chi connectivity index (χ4n) is 1.71. The van der Waals surface area contributed by atoms with Gasteiger partial charge in [-0.15, -0.1) is 11.3 Å². The summed E-state index contributed by atoms with van der Waals surface area (Å²) < 4.78 is 1.78. The van der Waals surface area contributed by atoms with Gasteiger partial charge in [-0.25, -0.2) is 14.3 Å². The highest BCUT2D eigenvalue weighted by Crippen LogP contribution is 2.17. The van der Waals surface area contributed by atoms with Crippen LogP contribution in [0.2, 0.25) is 0 Å². The predicted octanol–water partition coefficient (Wildman–Crippen LogP) is 2.66. The normalized spacial score (nSPS) is 11.4. The first-order valence-electron chi connectivity index (χ1n) is 5.53. The molecule has 0 fully saturated rings. The van der Waals surface area contributed by atoms with Crippen molar-refractivity contribution in [2.75, 3.05) is 0 Å². The van der Waals surface area contributed by atoms with Gasteiger partial charge < -0.3 is 5.11 Å². The Bertz CT molecular complexity index is 773. The van der Waals surface area contributed by atoms with Crippen LogP contribution in [-0.4, -0.2) is 25.7 Å². The molecule has 1 N–H and O–H groups in total. The van der Waals surface area contributed by atoms with E-state index >= 15 is 0 Å². The van der Waals surface area contributed by atoms with Crippen LogP contribution in [0.4, 0.5) is 0 Å². The maximum Gasteiger partial charge on any atom is 0.347 e. The van der Waals surface area contributed by atoms with Gasteiger partial charge in [0.05, 0.1) is 17.9 Å². The number of carbonyl (C=O) groups is 1. The molecule has 0 amide bonds. The van der Waals surface area contributed by atoms with Crippen LogP contribution in [0.3, 0.4) is 0 Å². The van der Waals surface area contributed by atoms with Crippen molar-refractivity contribution in [2.45, 2.75) is 0 Å². The molecule has 0 spiro atoms. The quantitative estimate of drug-likeness (QED) is 0.795. The second-order valence-electron chi connectivity index (χ2n) is 3.83. The maximum atomic E-state index is 10.8. The Morgan fingerprint density at radius 3 is 3.00 bits per heavy atom. The minimum absolute atomic E-state index is 0.236. The van der Waals surface area contributed by atoms with Crippen molar-refractivity contribution in [2.24, 2.45) is 0 Å². The van der Waals surface area contributed by atoms with Crippen LogP contribution in [0, 0.1) is 0 Å². The number of carboxylic acids is 1. The average molecular weight is 271 g/mol. The topological polar surface area (TPSA) is 67.5 Å². The second-order valence-corrected chi connectivity index (χ2v) is 4.89. The number of carboxylic acid groups (broad SMARTS) is 1. The van der Waals surface area contributed by atoms with Gasteiger partial charge in [0.1, 0.15) is 9.88 Å². The van der Waals surface area contributed by atoms with Gasteiger partial charge in [0, 0.05) is 11.8 Å². The molecule has 94 valence electrons. The highest BCUT2D eigenvalue weighted by atomic mass is 32.1. The van der Waals surface area contributed by atoms with Crippen LogP contribution < -0.4 is 0 Å². The molecule has 6 heteroatoms. The second kappa shape index (κ2) is 4.66. The number of rotatable bonds is 3. The first-order valence-corrected chi connectivity index (χ1v) is 6.35. The van der Waals surface area contributed by atoms with Crippen LogP contribution in [0.25, 0.3) is 17.7 Å². The lowest BCUT2D eigenvalue weighted by atomic mass is 10.2.